The molecule has 4 aromatic carbocycles. The standard InChI is InChI=1S/C50H60N16O5.C42H50N10O4.C9H13N5O2/c1-31-43(50(2,3)66-49(59(31)4)56-57-58-66)46(69)52-34-5-8-39-38(28-34)44(55-54-39)33-11-14-51-41(27-33)64-25-19-61(20-26-64)18-17-60-15-12-32(13-16-60)30-62-21-23-63(24-22-62)35-6-7-36-37(29-35)48(71)65(47(36)70)40-9-10-42(67)53-45(40)68;43-31-2-1-30-26-45-39(34(30)24-31)29-7-10-44-37(23-29)51-21-15-48(16-22-51)14-13-47-11-8-28(9-12-47)27-49-17-19-50(20-18-49)32-3-4-33-35(25-32)42(56)52(41(33)55)36-5-6-38(53)46-40(36)54;1-5-6(7(15)16)9(2,3)14-8(13(5)4)10-11-12-14/h5-8,11,14,27-29,32,40H,9-10,12-13,15-26,30H2,1-4H3,(H,52,69)(H,54,55)(H,53,67,68);1-4,7,10,23-25,28,36H,5-6,8-9,11-22,26-27,43H2,(H,46,53,54);1-4H3,(H,15,16). The Hall–Kier alpha value is -14.2. The van der Waals surface area contributed by atoms with Gasteiger partial charge in [-0.1, -0.05) is 16.3 Å². The largest absolute Gasteiger partial charge is 0.478 e. The van der Waals surface area contributed by atoms with Crippen molar-refractivity contribution in [2.24, 2.45) is 16.8 Å². The van der Waals surface area contributed by atoms with Crippen molar-refractivity contribution >= 4 is 122 Å². The number of carboxylic acid groups (broad SMARTS) is 1. The number of rotatable bonds is 21. The van der Waals surface area contributed by atoms with E-state index in [1.165, 1.54) is 35.9 Å². The maximum absolute atomic E-state index is 13.9. The first-order valence-electron chi connectivity index (χ1n) is 49.9. The molecule has 2 atom stereocenters. The first kappa shape index (κ1) is 96.3. The summed E-state index contributed by atoms with van der Waals surface area (Å²) in [5.74, 6) is -0.549. The number of aliphatic carboxylic acids is 1. The number of tetrazole rings is 2. The number of pyridine rings is 2. The van der Waals surface area contributed by atoms with Crippen molar-refractivity contribution < 1.29 is 53.1 Å². The molecule has 0 bridgehead atoms. The number of piperazine rings is 4. The Morgan fingerprint density at radius 1 is 0.469 bits per heavy atom. The van der Waals surface area contributed by atoms with Gasteiger partial charge >= 0.3 is 5.97 Å². The van der Waals surface area contributed by atoms with Gasteiger partial charge in [0.2, 0.25) is 35.5 Å². The number of fused-ring (bicyclic) bond motifs is 6. The van der Waals surface area contributed by atoms with E-state index in [9.17, 15) is 53.1 Å². The van der Waals surface area contributed by atoms with Crippen LogP contribution in [0.5, 0.6) is 0 Å². The molecule has 2 unspecified atom stereocenters. The molecule has 13 aliphatic heterocycles. The molecule has 5 aromatic heterocycles. The highest BCUT2D eigenvalue weighted by Crippen LogP contribution is 2.42. The van der Waals surface area contributed by atoms with Crippen LogP contribution in [0.3, 0.4) is 0 Å². The quantitative estimate of drug-likeness (QED) is 0.0404. The number of carbonyl (C=O) groups excluding carboxylic acids is 9. The number of aromatic nitrogens is 12. The molecular formula is C101H123N31O11. The monoisotopic (exact) mass is 1950 g/mol. The molecule has 42 heteroatoms. The van der Waals surface area contributed by atoms with Gasteiger partial charge in [-0.3, -0.25) is 93.3 Å². The highest BCUT2D eigenvalue weighted by Gasteiger charge is 2.49. The van der Waals surface area contributed by atoms with Gasteiger partial charge in [0.25, 0.3) is 29.5 Å². The third-order valence-corrected chi connectivity index (χ3v) is 31.2. The number of nitrogens with zero attached hydrogens (tertiary/aromatic N) is 26. The molecule has 0 saturated carbocycles. The topological polar surface area (TPSA) is 452 Å². The maximum atomic E-state index is 13.9. The molecule has 0 radical (unpaired) electrons. The van der Waals surface area contributed by atoms with Crippen LogP contribution in [0.25, 0.3) is 22.2 Å². The minimum absolute atomic E-state index is 0.0983. The van der Waals surface area contributed by atoms with Gasteiger partial charge in [0.1, 0.15) is 29.4 Å². The summed E-state index contributed by atoms with van der Waals surface area (Å²) in [6, 6.07) is 29.1. The molecule has 143 heavy (non-hydrogen) atoms. The minimum atomic E-state index is -0.966. The fourth-order valence-electron chi connectivity index (χ4n) is 22.7. The number of aliphatic imine (C=N–C) groups is 1. The molecule has 9 amide bonds. The van der Waals surface area contributed by atoms with Gasteiger partial charge in [0.05, 0.1) is 62.3 Å². The Morgan fingerprint density at radius 3 is 1.39 bits per heavy atom. The van der Waals surface area contributed by atoms with E-state index < -0.39 is 64.6 Å². The van der Waals surface area contributed by atoms with Crippen LogP contribution in [0.4, 0.5) is 46.3 Å². The van der Waals surface area contributed by atoms with Crippen LogP contribution in [0.1, 0.15) is 151 Å². The van der Waals surface area contributed by atoms with Crippen molar-refractivity contribution in [1.82, 2.24) is 110 Å². The third-order valence-electron chi connectivity index (χ3n) is 31.2. The zero-order valence-electron chi connectivity index (χ0n) is 82.2. The summed E-state index contributed by atoms with van der Waals surface area (Å²) in [4.78, 5) is 171. The summed E-state index contributed by atoms with van der Waals surface area (Å²) in [5, 5.41) is 49.2. The lowest BCUT2D eigenvalue weighted by atomic mass is 9.89. The lowest BCUT2D eigenvalue weighted by Gasteiger charge is -2.40. The molecule has 42 nitrogen and oxygen atoms in total. The molecule has 0 spiro atoms. The highest BCUT2D eigenvalue weighted by molar-refractivity contribution is 6.25. The lowest BCUT2D eigenvalue weighted by Crippen LogP contribution is -2.54. The van der Waals surface area contributed by atoms with E-state index in [2.05, 4.69) is 125 Å². The number of allylic oxidation sites excluding steroid dienone is 2. The molecule has 9 aromatic rings. The molecule has 7 N–H and O–H groups in total. The van der Waals surface area contributed by atoms with Crippen molar-refractivity contribution in [3.8, 4) is 11.3 Å². The summed E-state index contributed by atoms with van der Waals surface area (Å²) >= 11 is 0. The van der Waals surface area contributed by atoms with Crippen molar-refractivity contribution in [2.45, 2.75) is 123 Å². The molecule has 748 valence electrons. The van der Waals surface area contributed by atoms with Gasteiger partial charge in [-0.25, -0.2) is 24.1 Å². The number of likely N-dealkylation sites (tertiary alicyclic amines) is 2. The van der Waals surface area contributed by atoms with Crippen LogP contribution in [0, 0.1) is 11.8 Å². The molecule has 8 fully saturated rings. The van der Waals surface area contributed by atoms with Gasteiger partial charge in [0, 0.05) is 240 Å². The number of hydrogen-bond donors (Lipinski definition) is 6. The van der Waals surface area contributed by atoms with Crippen LogP contribution >= 0.6 is 0 Å². The van der Waals surface area contributed by atoms with E-state index in [-0.39, 0.29) is 43.4 Å². The van der Waals surface area contributed by atoms with Crippen LogP contribution in [-0.4, -0.2) is 366 Å². The minimum Gasteiger partial charge on any atom is -0.478 e. The van der Waals surface area contributed by atoms with Crippen LogP contribution < -0.4 is 51.1 Å². The zero-order valence-corrected chi connectivity index (χ0v) is 82.2. The number of amides is 9. The number of nitrogens with one attached hydrogen (secondary N) is 4. The second-order valence-corrected chi connectivity index (χ2v) is 40.6. The summed E-state index contributed by atoms with van der Waals surface area (Å²) in [7, 11) is 3.60. The van der Waals surface area contributed by atoms with Crippen molar-refractivity contribution in [2.75, 3.05) is 225 Å². The smallest absolute Gasteiger partial charge is 0.335 e. The Labute approximate surface area is 827 Å². The van der Waals surface area contributed by atoms with E-state index in [0.717, 1.165) is 253 Å². The summed E-state index contributed by atoms with van der Waals surface area (Å²) in [6.45, 7) is 37.8. The number of aromatic amines is 1. The van der Waals surface area contributed by atoms with Crippen molar-refractivity contribution in [3.05, 3.63) is 171 Å². The van der Waals surface area contributed by atoms with Crippen molar-refractivity contribution in [1.29, 1.82) is 0 Å². The number of imide groups is 4. The lowest BCUT2D eigenvalue weighted by molar-refractivity contribution is -0.137. The van der Waals surface area contributed by atoms with Crippen LogP contribution in [-0.2, 0) is 46.4 Å². The molecular weight excluding hydrogens is 1820 g/mol. The van der Waals surface area contributed by atoms with E-state index in [0.29, 0.717) is 75.1 Å². The number of carbonyl (C=O) groups is 10. The van der Waals surface area contributed by atoms with E-state index >= 15 is 0 Å². The first-order chi connectivity index (χ1) is 68.9. The molecule has 8 saturated heterocycles. The van der Waals surface area contributed by atoms with Gasteiger partial charge in [-0.2, -0.15) is 5.10 Å². The summed E-state index contributed by atoms with van der Waals surface area (Å²) < 4.78 is 3.19. The zero-order chi connectivity index (χ0) is 99.6. The van der Waals surface area contributed by atoms with Crippen LogP contribution in [0.2, 0.25) is 0 Å². The number of H-pyrrole nitrogens is 1. The third kappa shape index (κ3) is 19.3. The number of piperidine rings is 4. The molecule has 22 rings (SSSR count). The number of nitrogens with two attached hydrogens (primary N) is 1. The number of hydrogen-bond acceptors (Lipinski definition) is 33. The van der Waals surface area contributed by atoms with Crippen LogP contribution in [0.15, 0.2) is 137 Å². The Bertz CT molecular complexity index is 6590. The number of benzene rings is 4. The number of carboxylic acids is 1. The molecule has 0 aliphatic carbocycles. The average Bonchev–Trinajstić information content (AvgIpc) is 1.72. The van der Waals surface area contributed by atoms with E-state index in [4.69, 9.17) is 25.8 Å². The predicted molar refractivity (Wildman–Crippen MR) is 536 cm³/mol. The fraction of sp³-hybridized carbons (Fsp3) is 0.485. The fourth-order valence-corrected chi connectivity index (χ4v) is 22.7. The molecule has 13 aliphatic rings. The second-order valence-electron chi connectivity index (χ2n) is 40.6. The van der Waals surface area contributed by atoms with E-state index in [1.807, 2.05) is 93.6 Å². The highest BCUT2D eigenvalue weighted by atomic mass is 16.4. The van der Waals surface area contributed by atoms with Gasteiger partial charge in [0.15, 0.2) is 0 Å². The number of anilines is 8. The first-order valence-corrected chi connectivity index (χ1v) is 49.9. The summed E-state index contributed by atoms with van der Waals surface area (Å²) in [5.41, 5.74) is 18.5. The van der Waals surface area contributed by atoms with Gasteiger partial charge in [-0.15, -0.1) is 0 Å². The Kier molecular flexibility index (Phi) is 26.9. The van der Waals surface area contributed by atoms with Gasteiger partial charge in [-0.05, 0) is 235 Å². The Balaban J connectivity index is 0.000000154. The average molecular weight is 1950 g/mol. The normalized spacial score (nSPS) is 21.7. The van der Waals surface area contributed by atoms with E-state index in [1.54, 1.807) is 61.7 Å². The predicted octanol–water partition coefficient (Wildman–Crippen LogP) is 5.06. The maximum Gasteiger partial charge on any atom is 0.335 e. The SMILES string of the molecule is CC1=C(C(=O)Nc2ccc3[nH]nc(-c4ccnc(N5CCN(CCN6CCC(CN7CCN(c8ccc9c(c8)C(=O)N(C8CCC(=O)NC8=O)C9=O)CC7)CC6)CC5)c4)c3c2)C(C)(C)n2nnnc2N1C.CC1=C(C(=O)O)C(C)(C)n2nnnc2N1C.Nc1ccc2c(c1)C(c1ccnc(N3CCN(CCN4CCC(CN5CCN(c6ccc7c(c6)C(=O)N(C6CCC(=O)NC6=O)C7=O)CC5)CC4)CC3)c1)=NC2. The second kappa shape index (κ2) is 39.9. The Morgan fingerprint density at radius 2 is 0.909 bits per heavy atom. The summed E-state index contributed by atoms with van der Waals surface area (Å²) in [6.07, 6.45) is 9.10. The number of nitrogen functional groups attached to an aromatic ring is 1. The van der Waals surface area contributed by atoms with Crippen molar-refractivity contribution in [3.63, 3.8) is 0 Å². The van der Waals surface area contributed by atoms with Gasteiger partial charge < -0.3 is 55.4 Å². The molecule has 18 heterocycles.